The van der Waals surface area contributed by atoms with Crippen LogP contribution in [0.2, 0.25) is 0 Å². The fourth-order valence-electron chi connectivity index (χ4n) is 1.04. The van der Waals surface area contributed by atoms with E-state index in [0.29, 0.717) is 13.2 Å². The summed E-state index contributed by atoms with van der Waals surface area (Å²) in [6.45, 7) is 7.42. The molecule has 0 bridgehead atoms. The molecule has 0 N–H and O–H groups in total. The lowest BCUT2D eigenvalue weighted by Crippen LogP contribution is -2.21. The number of rotatable bonds is 2. The molecule has 0 saturated carbocycles. The van der Waals surface area contributed by atoms with Crippen LogP contribution >= 0.6 is 0 Å². The van der Waals surface area contributed by atoms with Gasteiger partial charge in [0.25, 0.3) is 0 Å². The summed E-state index contributed by atoms with van der Waals surface area (Å²) in [6.07, 6.45) is 5.95. The van der Waals surface area contributed by atoms with E-state index in [1.165, 1.54) is 5.57 Å². The van der Waals surface area contributed by atoms with E-state index < -0.39 is 5.79 Å². The predicted molar refractivity (Wildman–Crippen MR) is 48.9 cm³/mol. The first-order valence-electron chi connectivity index (χ1n) is 4.23. The molecule has 1 aliphatic rings. The van der Waals surface area contributed by atoms with Gasteiger partial charge in [0.15, 0.2) is 5.79 Å². The molecular weight excluding hydrogens is 152 g/mol. The van der Waals surface area contributed by atoms with Gasteiger partial charge in [-0.1, -0.05) is 17.7 Å². The van der Waals surface area contributed by atoms with Crippen molar-refractivity contribution < 1.29 is 9.47 Å². The smallest absolute Gasteiger partial charge is 0.185 e. The topological polar surface area (TPSA) is 18.5 Å². The highest BCUT2D eigenvalue weighted by Crippen LogP contribution is 2.19. The number of allylic oxidation sites excluding steroid dienone is 3. The van der Waals surface area contributed by atoms with Crippen molar-refractivity contribution in [2.24, 2.45) is 0 Å². The summed E-state index contributed by atoms with van der Waals surface area (Å²) in [4.78, 5) is 0. The summed E-state index contributed by atoms with van der Waals surface area (Å²) < 4.78 is 10.8. The van der Waals surface area contributed by atoms with Crippen LogP contribution in [0, 0.1) is 0 Å². The number of hydrogen-bond acceptors (Lipinski definition) is 2. The summed E-state index contributed by atoms with van der Waals surface area (Å²) in [5.74, 6) is -0.494. The van der Waals surface area contributed by atoms with Crippen molar-refractivity contribution in [2.45, 2.75) is 26.6 Å². The van der Waals surface area contributed by atoms with E-state index in [1.54, 1.807) is 0 Å². The Morgan fingerprint density at radius 1 is 1.25 bits per heavy atom. The second-order valence-electron chi connectivity index (χ2n) is 3.32. The maximum absolute atomic E-state index is 5.38. The van der Waals surface area contributed by atoms with Crippen LogP contribution < -0.4 is 0 Å². The maximum Gasteiger partial charge on any atom is 0.185 e. The van der Waals surface area contributed by atoms with Crippen LogP contribution in [0.15, 0.2) is 23.8 Å². The predicted octanol–water partition coefficient (Wildman–Crippen LogP) is 2.27. The van der Waals surface area contributed by atoms with Gasteiger partial charge >= 0.3 is 0 Å². The molecule has 2 nitrogen and oxygen atoms in total. The zero-order valence-corrected chi connectivity index (χ0v) is 7.96. The highest BCUT2D eigenvalue weighted by Gasteiger charge is 2.26. The molecule has 0 atom stereocenters. The van der Waals surface area contributed by atoms with Crippen molar-refractivity contribution in [1.29, 1.82) is 0 Å². The molecule has 2 heteroatoms. The summed E-state index contributed by atoms with van der Waals surface area (Å²) in [6, 6.07) is 0. The normalized spacial score (nSPS) is 21.6. The van der Waals surface area contributed by atoms with E-state index in [0.717, 1.165) is 0 Å². The molecule has 0 aromatic rings. The van der Waals surface area contributed by atoms with Gasteiger partial charge in [-0.25, -0.2) is 0 Å². The average Bonchev–Trinajstić information content (AvgIpc) is 2.35. The van der Waals surface area contributed by atoms with E-state index >= 15 is 0 Å². The molecule has 1 heterocycles. The summed E-state index contributed by atoms with van der Waals surface area (Å²) >= 11 is 0. The second kappa shape index (κ2) is 3.87. The van der Waals surface area contributed by atoms with Gasteiger partial charge < -0.3 is 9.47 Å². The van der Waals surface area contributed by atoms with Crippen LogP contribution in [0.1, 0.15) is 20.8 Å². The first-order valence-corrected chi connectivity index (χ1v) is 4.23. The van der Waals surface area contributed by atoms with E-state index in [2.05, 4.69) is 13.8 Å². The number of hydrogen-bond donors (Lipinski definition) is 0. The molecule has 0 unspecified atom stereocenters. The lowest BCUT2D eigenvalue weighted by Gasteiger charge is -2.16. The van der Waals surface area contributed by atoms with Crippen LogP contribution in [0.5, 0.6) is 0 Å². The zero-order valence-electron chi connectivity index (χ0n) is 7.96. The molecule has 0 aromatic heterocycles. The zero-order chi connectivity index (χ0) is 9.03. The third kappa shape index (κ3) is 2.80. The van der Waals surface area contributed by atoms with E-state index in [4.69, 9.17) is 9.47 Å². The van der Waals surface area contributed by atoms with E-state index in [9.17, 15) is 0 Å². The van der Waals surface area contributed by atoms with Gasteiger partial charge in [0.2, 0.25) is 0 Å². The molecule has 1 saturated heterocycles. The molecule has 1 aliphatic heterocycles. The van der Waals surface area contributed by atoms with Crippen LogP contribution in [-0.4, -0.2) is 19.0 Å². The van der Waals surface area contributed by atoms with Crippen molar-refractivity contribution in [3.63, 3.8) is 0 Å². The van der Waals surface area contributed by atoms with Crippen LogP contribution in [0.3, 0.4) is 0 Å². The molecule has 0 amide bonds. The summed E-state index contributed by atoms with van der Waals surface area (Å²) in [5.41, 5.74) is 1.27. The van der Waals surface area contributed by atoms with Gasteiger partial charge in [-0.3, -0.25) is 0 Å². The lowest BCUT2D eigenvalue weighted by atomic mass is 10.2. The van der Waals surface area contributed by atoms with Gasteiger partial charge in [0.1, 0.15) is 0 Å². The first kappa shape index (κ1) is 9.49. The monoisotopic (exact) mass is 168 g/mol. The van der Waals surface area contributed by atoms with Crippen molar-refractivity contribution in [2.75, 3.05) is 13.2 Å². The van der Waals surface area contributed by atoms with Gasteiger partial charge in [-0.05, 0) is 26.8 Å². The fourth-order valence-corrected chi connectivity index (χ4v) is 1.04. The first-order chi connectivity index (χ1) is 5.62. The van der Waals surface area contributed by atoms with Crippen LogP contribution in [0.25, 0.3) is 0 Å². The molecule has 1 rings (SSSR count). The van der Waals surface area contributed by atoms with Crippen molar-refractivity contribution in [3.8, 4) is 0 Å². The third-order valence-corrected chi connectivity index (χ3v) is 1.69. The third-order valence-electron chi connectivity index (χ3n) is 1.69. The Balaban J connectivity index is 2.48. The molecule has 0 spiro atoms. The molecule has 1 fully saturated rings. The summed E-state index contributed by atoms with van der Waals surface area (Å²) in [5, 5.41) is 0. The highest BCUT2D eigenvalue weighted by molar-refractivity contribution is 5.11. The highest BCUT2D eigenvalue weighted by atomic mass is 16.7. The Kier molecular flexibility index (Phi) is 3.06. The average molecular weight is 168 g/mol. The Hall–Kier alpha value is -0.600. The minimum atomic E-state index is -0.494. The minimum absolute atomic E-state index is 0.494. The standard InChI is InChI=1S/C10H16O2/c1-9(2)5-4-6-10(3)11-7-8-12-10/h4-6H,7-8H2,1-3H3/b6-4+. The second-order valence-corrected chi connectivity index (χ2v) is 3.32. The van der Waals surface area contributed by atoms with E-state index in [-0.39, 0.29) is 0 Å². The lowest BCUT2D eigenvalue weighted by molar-refractivity contribution is -0.0996. The minimum Gasteiger partial charge on any atom is -0.344 e. The Morgan fingerprint density at radius 3 is 2.33 bits per heavy atom. The fraction of sp³-hybridized carbons (Fsp3) is 0.600. The quantitative estimate of drug-likeness (QED) is 0.589. The van der Waals surface area contributed by atoms with Gasteiger partial charge in [0, 0.05) is 0 Å². The molecule has 0 radical (unpaired) electrons. The van der Waals surface area contributed by atoms with Crippen molar-refractivity contribution in [1.82, 2.24) is 0 Å². The largest absolute Gasteiger partial charge is 0.344 e. The molecule has 12 heavy (non-hydrogen) atoms. The van der Waals surface area contributed by atoms with Crippen LogP contribution in [0.4, 0.5) is 0 Å². The Morgan fingerprint density at radius 2 is 1.83 bits per heavy atom. The van der Waals surface area contributed by atoms with Gasteiger partial charge in [0.05, 0.1) is 13.2 Å². The van der Waals surface area contributed by atoms with Crippen molar-refractivity contribution in [3.05, 3.63) is 23.8 Å². The summed E-state index contributed by atoms with van der Waals surface area (Å²) in [7, 11) is 0. The van der Waals surface area contributed by atoms with Crippen molar-refractivity contribution >= 4 is 0 Å². The van der Waals surface area contributed by atoms with E-state index in [1.807, 2.05) is 25.2 Å². The molecule has 68 valence electrons. The Bertz CT molecular complexity index is 194. The molecule has 0 aliphatic carbocycles. The molecule has 0 aromatic carbocycles. The SMILES string of the molecule is CC(C)=C/C=C/C1(C)OCCO1. The van der Waals surface area contributed by atoms with Gasteiger partial charge in [-0.2, -0.15) is 0 Å². The molecular formula is C10H16O2. The Labute approximate surface area is 73.9 Å². The van der Waals surface area contributed by atoms with Crippen LogP contribution in [-0.2, 0) is 9.47 Å². The maximum atomic E-state index is 5.38. The number of ether oxygens (including phenoxy) is 2. The van der Waals surface area contributed by atoms with Gasteiger partial charge in [-0.15, -0.1) is 0 Å².